The molecule has 0 heterocycles. The van der Waals surface area contributed by atoms with Gasteiger partial charge >= 0.3 is 5.97 Å². The number of esters is 1. The number of rotatable bonds is 2. The summed E-state index contributed by atoms with van der Waals surface area (Å²) in [5.74, 6) is -0.299. The third kappa shape index (κ3) is 2.10. The fraction of sp³-hybridized carbons (Fsp3) is 0.417. The molecule has 16 heavy (non-hydrogen) atoms. The zero-order chi connectivity index (χ0) is 12.5. The van der Waals surface area contributed by atoms with Gasteiger partial charge in [-0.1, -0.05) is 0 Å². The molecule has 0 atom stereocenters. The molecule has 4 nitrogen and oxygen atoms in total. The average Bonchev–Trinajstić information content (AvgIpc) is 2.23. The van der Waals surface area contributed by atoms with E-state index in [0.29, 0.717) is 11.4 Å². The topological polar surface area (TPSA) is 78.3 Å². The summed E-state index contributed by atoms with van der Waals surface area (Å²) in [6.45, 7) is 7.39. The Morgan fingerprint density at radius 3 is 2.06 bits per heavy atom. The molecule has 0 fully saturated rings. The normalized spacial score (nSPS) is 10.2. The molecule has 0 aliphatic rings. The Balaban J connectivity index is 3.23. The van der Waals surface area contributed by atoms with Crippen molar-refractivity contribution >= 4 is 17.3 Å². The molecule has 0 unspecified atom stereocenters. The second-order valence-corrected chi connectivity index (χ2v) is 3.96. The standard InChI is InChI=1S/C12H18N2O2/c1-6-7(2)11(13)12(14)8(3)10(6)5-16-9(4)15/h5,13-14H2,1-4H3. The number of hydrogen-bond acceptors (Lipinski definition) is 4. The van der Waals surface area contributed by atoms with Crippen LogP contribution in [-0.2, 0) is 16.1 Å². The van der Waals surface area contributed by atoms with E-state index in [9.17, 15) is 4.79 Å². The van der Waals surface area contributed by atoms with Crippen LogP contribution in [0.4, 0.5) is 11.4 Å². The number of hydrogen-bond donors (Lipinski definition) is 2. The van der Waals surface area contributed by atoms with Crippen LogP contribution in [-0.4, -0.2) is 5.97 Å². The Morgan fingerprint density at radius 1 is 1.06 bits per heavy atom. The first kappa shape index (κ1) is 12.4. The number of anilines is 2. The van der Waals surface area contributed by atoms with Gasteiger partial charge in [-0.05, 0) is 43.0 Å². The van der Waals surface area contributed by atoms with Crippen LogP contribution in [0.5, 0.6) is 0 Å². The van der Waals surface area contributed by atoms with Crippen molar-refractivity contribution < 1.29 is 9.53 Å². The Bertz CT molecular complexity index is 410. The van der Waals surface area contributed by atoms with Crippen molar-refractivity contribution in [2.45, 2.75) is 34.3 Å². The quantitative estimate of drug-likeness (QED) is 0.591. The summed E-state index contributed by atoms with van der Waals surface area (Å²) in [4.78, 5) is 10.8. The number of ether oxygens (including phenoxy) is 1. The number of benzene rings is 1. The summed E-state index contributed by atoms with van der Waals surface area (Å²) in [7, 11) is 0. The van der Waals surface area contributed by atoms with Crippen LogP contribution in [0.15, 0.2) is 0 Å². The minimum Gasteiger partial charge on any atom is -0.461 e. The molecule has 4 heteroatoms. The van der Waals surface area contributed by atoms with Gasteiger partial charge in [0.2, 0.25) is 0 Å². The van der Waals surface area contributed by atoms with E-state index < -0.39 is 0 Å². The third-order valence-electron chi connectivity index (χ3n) is 2.99. The van der Waals surface area contributed by atoms with Gasteiger partial charge in [-0.25, -0.2) is 0 Å². The van der Waals surface area contributed by atoms with Crippen molar-refractivity contribution in [1.82, 2.24) is 0 Å². The van der Waals surface area contributed by atoms with E-state index in [1.54, 1.807) is 0 Å². The molecule has 0 aliphatic heterocycles. The minimum atomic E-state index is -0.299. The molecule has 0 saturated heterocycles. The zero-order valence-electron chi connectivity index (χ0n) is 10.2. The first-order valence-electron chi connectivity index (χ1n) is 5.13. The molecule has 0 aliphatic carbocycles. The van der Waals surface area contributed by atoms with Gasteiger partial charge in [0, 0.05) is 6.92 Å². The molecule has 1 aromatic rings. The number of carbonyl (C=O) groups is 1. The van der Waals surface area contributed by atoms with Crippen molar-refractivity contribution in [1.29, 1.82) is 0 Å². The van der Waals surface area contributed by atoms with Crippen molar-refractivity contribution in [3.8, 4) is 0 Å². The van der Waals surface area contributed by atoms with Crippen molar-refractivity contribution in [3.63, 3.8) is 0 Å². The van der Waals surface area contributed by atoms with Crippen LogP contribution in [0.1, 0.15) is 29.2 Å². The lowest BCUT2D eigenvalue weighted by Gasteiger charge is -2.17. The molecule has 1 aromatic carbocycles. The van der Waals surface area contributed by atoms with E-state index >= 15 is 0 Å². The average molecular weight is 222 g/mol. The molecule has 1 rings (SSSR count). The highest BCUT2D eigenvalue weighted by atomic mass is 16.5. The first-order valence-corrected chi connectivity index (χ1v) is 5.13. The smallest absolute Gasteiger partial charge is 0.302 e. The van der Waals surface area contributed by atoms with Gasteiger partial charge in [-0.3, -0.25) is 4.79 Å². The van der Waals surface area contributed by atoms with Gasteiger partial charge in [-0.2, -0.15) is 0 Å². The molecule has 0 radical (unpaired) electrons. The highest BCUT2D eigenvalue weighted by molar-refractivity contribution is 5.75. The summed E-state index contributed by atoms with van der Waals surface area (Å²) in [5.41, 5.74) is 16.8. The number of nitrogens with two attached hydrogens (primary N) is 2. The third-order valence-corrected chi connectivity index (χ3v) is 2.99. The van der Waals surface area contributed by atoms with Crippen LogP contribution in [0, 0.1) is 20.8 Å². The van der Waals surface area contributed by atoms with Crippen molar-refractivity contribution in [3.05, 3.63) is 22.3 Å². The van der Waals surface area contributed by atoms with E-state index in [4.69, 9.17) is 16.2 Å². The predicted molar refractivity (Wildman–Crippen MR) is 64.9 cm³/mol. The second-order valence-electron chi connectivity index (χ2n) is 3.96. The SMILES string of the molecule is CC(=O)OCc1c(C)c(C)c(N)c(N)c1C. The molecular weight excluding hydrogens is 204 g/mol. The van der Waals surface area contributed by atoms with E-state index in [0.717, 1.165) is 22.3 Å². The van der Waals surface area contributed by atoms with Crippen molar-refractivity contribution in [2.75, 3.05) is 11.5 Å². The summed E-state index contributed by atoms with van der Waals surface area (Å²) in [6.07, 6.45) is 0. The van der Waals surface area contributed by atoms with Gasteiger partial charge in [0.1, 0.15) is 6.61 Å². The zero-order valence-corrected chi connectivity index (χ0v) is 10.2. The van der Waals surface area contributed by atoms with Crippen LogP contribution in [0.2, 0.25) is 0 Å². The lowest BCUT2D eigenvalue weighted by Crippen LogP contribution is -2.09. The predicted octanol–water partition coefficient (Wildman–Crippen LogP) is 1.84. The van der Waals surface area contributed by atoms with Gasteiger partial charge in [0.05, 0.1) is 11.4 Å². The van der Waals surface area contributed by atoms with Gasteiger partial charge in [0.15, 0.2) is 0 Å². The van der Waals surface area contributed by atoms with Gasteiger partial charge < -0.3 is 16.2 Å². The number of nitrogen functional groups attached to an aromatic ring is 2. The van der Waals surface area contributed by atoms with Crippen LogP contribution < -0.4 is 11.5 Å². The Morgan fingerprint density at radius 2 is 1.56 bits per heavy atom. The van der Waals surface area contributed by atoms with Gasteiger partial charge in [0.25, 0.3) is 0 Å². The Kier molecular flexibility index (Phi) is 3.42. The molecule has 0 saturated carbocycles. The maximum absolute atomic E-state index is 10.8. The molecule has 0 amide bonds. The first-order chi connectivity index (χ1) is 7.36. The lowest BCUT2D eigenvalue weighted by atomic mass is 9.95. The molecular formula is C12H18N2O2. The minimum absolute atomic E-state index is 0.248. The van der Waals surface area contributed by atoms with Gasteiger partial charge in [-0.15, -0.1) is 0 Å². The van der Waals surface area contributed by atoms with E-state index in [2.05, 4.69) is 0 Å². The Hall–Kier alpha value is -1.71. The van der Waals surface area contributed by atoms with E-state index in [1.807, 2.05) is 20.8 Å². The highest BCUT2D eigenvalue weighted by Crippen LogP contribution is 2.31. The fourth-order valence-corrected chi connectivity index (χ4v) is 1.67. The molecule has 0 bridgehead atoms. The Labute approximate surface area is 95.6 Å². The maximum atomic E-state index is 10.8. The van der Waals surface area contributed by atoms with E-state index in [-0.39, 0.29) is 12.6 Å². The summed E-state index contributed by atoms with van der Waals surface area (Å²) >= 11 is 0. The molecule has 0 aromatic heterocycles. The molecule has 88 valence electrons. The summed E-state index contributed by atoms with van der Waals surface area (Å²) in [6, 6.07) is 0. The molecule has 4 N–H and O–H groups in total. The summed E-state index contributed by atoms with van der Waals surface area (Å²) < 4.78 is 5.00. The van der Waals surface area contributed by atoms with Crippen molar-refractivity contribution in [2.24, 2.45) is 0 Å². The second kappa shape index (κ2) is 4.43. The highest BCUT2D eigenvalue weighted by Gasteiger charge is 2.14. The number of carbonyl (C=O) groups excluding carboxylic acids is 1. The molecule has 0 spiro atoms. The van der Waals surface area contributed by atoms with Crippen LogP contribution in [0.25, 0.3) is 0 Å². The monoisotopic (exact) mass is 222 g/mol. The summed E-state index contributed by atoms with van der Waals surface area (Å²) in [5, 5.41) is 0. The van der Waals surface area contributed by atoms with Crippen LogP contribution >= 0.6 is 0 Å². The lowest BCUT2D eigenvalue weighted by molar-refractivity contribution is -0.142. The fourth-order valence-electron chi connectivity index (χ4n) is 1.67. The van der Waals surface area contributed by atoms with Crippen LogP contribution in [0.3, 0.4) is 0 Å². The maximum Gasteiger partial charge on any atom is 0.302 e. The van der Waals surface area contributed by atoms with E-state index in [1.165, 1.54) is 6.92 Å². The largest absolute Gasteiger partial charge is 0.461 e.